The van der Waals surface area contributed by atoms with Crippen molar-refractivity contribution in [2.24, 2.45) is 0 Å². The van der Waals surface area contributed by atoms with Gasteiger partial charge in [0.1, 0.15) is 5.82 Å². The summed E-state index contributed by atoms with van der Waals surface area (Å²) in [5, 5.41) is 3.47. The fraction of sp³-hybridized carbons (Fsp3) is 0.312. The quantitative estimate of drug-likeness (QED) is 0.898. The first-order chi connectivity index (χ1) is 9.06. The number of aromatic nitrogens is 1. The number of nitrogens with zero attached hydrogens (tertiary/aromatic N) is 1. The second-order valence-corrected chi connectivity index (χ2v) is 4.92. The van der Waals surface area contributed by atoms with Gasteiger partial charge in [-0.05, 0) is 38.5 Å². The van der Waals surface area contributed by atoms with Crippen LogP contribution in [0.2, 0.25) is 0 Å². The number of hydrogen-bond acceptors (Lipinski definition) is 2. The predicted molar refractivity (Wildman–Crippen MR) is 75.3 cm³/mol. The fourth-order valence-electron chi connectivity index (χ4n) is 2.06. The van der Waals surface area contributed by atoms with Crippen molar-refractivity contribution in [3.05, 3.63) is 65.2 Å². The van der Waals surface area contributed by atoms with Gasteiger partial charge in [-0.15, -0.1) is 0 Å². The summed E-state index contributed by atoms with van der Waals surface area (Å²) in [5.74, 6) is -0.303. The van der Waals surface area contributed by atoms with Crippen molar-refractivity contribution in [3.8, 4) is 0 Å². The van der Waals surface area contributed by atoms with Gasteiger partial charge in [0.2, 0.25) is 0 Å². The molecular weight excluding hydrogens is 239 g/mol. The second-order valence-electron chi connectivity index (χ2n) is 4.92. The van der Waals surface area contributed by atoms with Gasteiger partial charge in [-0.25, -0.2) is 4.39 Å². The minimum Gasteiger partial charge on any atom is -0.302 e. The Hall–Kier alpha value is -1.74. The number of hydrogen-bond donors (Lipinski definition) is 1. The van der Waals surface area contributed by atoms with E-state index in [0.29, 0.717) is 0 Å². The Morgan fingerprint density at radius 3 is 2.26 bits per heavy atom. The minimum atomic E-state index is -0.303. The minimum absolute atomic E-state index is 0.0805. The molecule has 0 amide bonds. The van der Waals surface area contributed by atoms with E-state index in [9.17, 15) is 4.39 Å². The van der Waals surface area contributed by atoms with Gasteiger partial charge in [0.25, 0.3) is 0 Å². The average Bonchev–Trinajstić information content (AvgIpc) is 2.40. The van der Waals surface area contributed by atoms with Crippen LogP contribution in [0.15, 0.2) is 42.6 Å². The lowest BCUT2D eigenvalue weighted by atomic mass is 10.1. The fourth-order valence-corrected chi connectivity index (χ4v) is 2.06. The van der Waals surface area contributed by atoms with Crippen molar-refractivity contribution < 1.29 is 4.39 Å². The van der Waals surface area contributed by atoms with Crippen LogP contribution in [0.1, 0.15) is 42.8 Å². The van der Waals surface area contributed by atoms with Crippen LogP contribution in [-0.4, -0.2) is 4.98 Å². The van der Waals surface area contributed by atoms with Crippen molar-refractivity contribution in [1.82, 2.24) is 10.3 Å². The van der Waals surface area contributed by atoms with E-state index in [2.05, 4.69) is 48.4 Å². The van der Waals surface area contributed by atoms with Gasteiger partial charge in [0.15, 0.2) is 0 Å². The van der Waals surface area contributed by atoms with Crippen LogP contribution in [0, 0.1) is 12.7 Å². The first-order valence-electron chi connectivity index (χ1n) is 6.50. The molecule has 100 valence electrons. The Morgan fingerprint density at radius 1 is 1.00 bits per heavy atom. The van der Waals surface area contributed by atoms with Crippen LogP contribution in [-0.2, 0) is 0 Å². The van der Waals surface area contributed by atoms with Crippen molar-refractivity contribution in [2.45, 2.75) is 32.9 Å². The molecule has 0 fully saturated rings. The highest BCUT2D eigenvalue weighted by Gasteiger charge is 2.12. The maximum absolute atomic E-state index is 12.8. The summed E-state index contributed by atoms with van der Waals surface area (Å²) in [4.78, 5) is 4.10. The van der Waals surface area contributed by atoms with Crippen LogP contribution in [0.25, 0.3) is 0 Å². The lowest BCUT2D eigenvalue weighted by Gasteiger charge is -2.20. The molecule has 2 unspecified atom stereocenters. The smallest absolute Gasteiger partial charge is 0.141 e. The Bertz CT molecular complexity index is 470. The molecule has 1 aromatic heterocycles. The molecule has 1 aromatic carbocycles. The SMILES string of the molecule is Cc1ccc(C(C)NC(C)c2ccc(F)cn2)cc1. The molecule has 1 N–H and O–H groups in total. The van der Waals surface area contributed by atoms with Gasteiger partial charge in [-0.1, -0.05) is 29.8 Å². The Kier molecular flexibility index (Phi) is 4.27. The summed E-state index contributed by atoms with van der Waals surface area (Å²) in [5.41, 5.74) is 3.34. The summed E-state index contributed by atoms with van der Waals surface area (Å²) in [7, 11) is 0. The number of rotatable bonds is 4. The van der Waals surface area contributed by atoms with Crippen LogP contribution in [0.5, 0.6) is 0 Å². The molecule has 2 rings (SSSR count). The highest BCUT2D eigenvalue weighted by molar-refractivity contribution is 5.24. The van der Waals surface area contributed by atoms with Crippen LogP contribution in [0.3, 0.4) is 0 Å². The highest BCUT2D eigenvalue weighted by atomic mass is 19.1. The van der Waals surface area contributed by atoms with Crippen molar-refractivity contribution in [3.63, 3.8) is 0 Å². The Balaban J connectivity index is 2.03. The molecule has 0 spiro atoms. The average molecular weight is 258 g/mol. The summed E-state index contributed by atoms with van der Waals surface area (Å²) >= 11 is 0. The van der Waals surface area contributed by atoms with E-state index in [1.54, 1.807) is 6.07 Å². The second kappa shape index (κ2) is 5.93. The third-order valence-corrected chi connectivity index (χ3v) is 3.27. The van der Waals surface area contributed by atoms with E-state index < -0.39 is 0 Å². The number of aryl methyl sites for hydroxylation is 1. The molecule has 2 aromatic rings. The van der Waals surface area contributed by atoms with E-state index in [1.165, 1.54) is 23.4 Å². The van der Waals surface area contributed by atoms with Gasteiger partial charge < -0.3 is 5.32 Å². The molecule has 19 heavy (non-hydrogen) atoms. The van der Waals surface area contributed by atoms with Crippen molar-refractivity contribution in [1.29, 1.82) is 0 Å². The molecule has 0 bridgehead atoms. The lowest BCUT2D eigenvalue weighted by molar-refractivity contribution is 0.484. The molecule has 0 saturated heterocycles. The van der Waals surface area contributed by atoms with E-state index in [0.717, 1.165) is 5.69 Å². The molecule has 0 saturated carbocycles. The van der Waals surface area contributed by atoms with Gasteiger partial charge in [-0.3, -0.25) is 4.98 Å². The number of benzene rings is 1. The summed E-state index contributed by atoms with van der Waals surface area (Å²) < 4.78 is 12.8. The van der Waals surface area contributed by atoms with Gasteiger partial charge in [0.05, 0.1) is 11.9 Å². The number of nitrogens with one attached hydrogen (secondary N) is 1. The van der Waals surface area contributed by atoms with Gasteiger partial charge >= 0.3 is 0 Å². The molecule has 1 heterocycles. The maximum Gasteiger partial charge on any atom is 0.141 e. The lowest BCUT2D eigenvalue weighted by Crippen LogP contribution is -2.23. The standard InChI is InChI=1S/C16H19FN2/c1-11-4-6-14(7-5-11)12(2)19-13(3)16-9-8-15(17)10-18-16/h4-10,12-13,19H,1-3H3. The zero-order valence-corrected chi connectivity index (χ0v) is 11.5. The molecule has 2 atom stereocenters. The van der Waals surface area contributed by atoms with E-state index >= 15 is 0 Å². The molecule has 0 radical (unpaired) electrons. The highest BCUT2D eigenvalue weighted by Crippen LogP contribution is 2.18. The summed E-state index contributed by atoms with van der Waals surface area (Å²) in [6.45, 7) is 6.22. The monoisotopic (exact) mass is 258 g/mol. The van der Waals surface area contributed by atoms with Crippen LogP contribution in [0.4, 0.5) is 4.39 Å². The molecular formula is C16H19FN2. The normalized spacial score (nSPS) is 14.1. The number of pyridine rings is 1. The van der Waals surface area contributed by atoms with Crippen molar-refractivity contribution >= 4 is 0 Å². The molecule has 0 aliphatic rings. The van der Waals surface area contributed by atoms with Crippen LogP contribution < -0.4 is 5.32 Å². The van der Waals surface area contributed by atoms with E-state index in [1.807, 2.05) is 6.92 Å². The number of halogens is 1. The zero-order chi connectivity index (χ0) is 13.8. The first-order valence-corrected chi connectivity index (χ1v) is 6.50. The molecule has 3 heteroatoms. The van der Waals surface area contributed by atoms with Crippen LogP contribution >= 0.6 is 0 Å². The third-order valence-electron chi connectivity index (χ3n) is 3.27. The summed E-state index contributed by atoms with van der Waals surface area (Å²) in [6, 6.07) is 11.9. The van der Waals surface area contributed by atoms with Gasteiger partial charge in [0, 0.05) is 12.1 Å². The predicted octanol–water partition coefficient (Wildman–Crippen LogP) is 3.94. The topological polar surface area (TPSA) is 24.9 Å². The molecule has 0 aliphatic heterocycles. The first kappa shape index (κ1) is 13.7. The Labute approximate surface area is 113 Å². The molecule has 0 aliphatic carbocycles. The largest absolute Gasteiger partial charge is 0.302 e. The molecule has 2 nitrogen and oxygen atoms in total. The zero-order valence-electron chi connectivity index (χ0n) is 11.5. The third kappa shape index (κ3) is 3.61. The maximum atomic E-state index is 12.8. The van der Waals surface area contributed by atoms with Gasteiger partial charge in [-0.2, -0.15) is 0 Å². The van der Waals surface area contributed by atoms with E-state index in [4.69, 9.17) is 0 Å². The summed E-state index contributed by atoms with van der Waals surface area (Å²) in [6.07, 6.45) is 1.25. The van der Waals surface area contributed by atoms with E-state index in [-0.39, 0.29) is 17.9 Å². The Morgan fingerprint density at radius 2 is 1.68 bits per heavy atom. The van der Waals surface area contributed by atoms with Crippen molar-refractivity contribution in [2.75, 3.05) is 0 Å².